The molecule has 0 spiro atoms. The molecule has 0 saturated carbocycles. The third-order valence-electron chi connectivity index (χ3n) is 0.996. The molecule has 10 heavy (non-hydrogen) atoms. The lowest BCUT2D eigenvalue weighted by Gasteiger charge is -2.11. The smallest absolute Gasteiger partial charge is 0.0772 e. The van der Waals surface area contributed by atoms with Gasteiger partial charge < -0.3 is 10.0 Å². The summed E-state index contributed by atoms with van der Waals surface area (Å²) in [6, 6.07) is 0. The van der Waals surface area contributed by atoms with Crippen molar-refractivity contribution in [2.75, 3.05) is 20.6 Å². The minimum atomic E-state index is -0.671. The molecule has 0 aliphatic rings. The van der Waals surface area contributed by atoms with Crippen molar-refractivity contribution in [3.05, 3.63) is 12.2 Å². The number of nitrogens with zero attached hydrogens (tertiary/aromatic N) is 1. The van der Waals surface area contributed by atoms with Gasteiger partial charge in [0.15, 0.2) is 0 Å². The molecule has 0 fully saturated rings. The average Bonchev–Trinajstić information content (AvgIpc) is 1.59. The number of hydrogen-bond acceptors (Lipinski definition) is 2. The van der Waals surface area contributed by atoms with E-state index >= 15 is 0 Å². The molecule has 2 nitrogen and oxygen atoms in total. The molecule has 0 rings (SSSR count). The van der Waals surface area contributed by atoms with E-state index in [0.717, 1.165) is 6.54 Å². The Bertz CT molecular complexity index is 111. The molecule has 0 aromatic heterocycles. The minimum absolute atomic E-state index is 0.671. The van der Waals surface area contributed by atoms with Gasteiger partial charge in [-0.25, -0.2) is 0 Å². The van der Waals surface area contributed by atoms with Crippen molar-refractivity contribution in [1.29, 1.82) is 0 Å². The molecule has 60 valence electrons. The Kier molecular flexibility index (Phi) is 3.61. The maximum Gasteiger partial charge on any atom is 0.0772 e. The summed E-state index contributed by atoms with van der Waals surface area (Å²) in [6.45, 7) is 4.41. The first kappa shape index (κ1) is 9.66. The maximum atomic E-state index is 9.23. The fourth-order valence-corrected chi connectivity index (χ4v) is 0.552. The summed E-state index contributed by atoms with van der Waals surface area (Å²) in [5.41, 5.74) is -0.671. The second kappa shape index (κ2) is 3.74. The van der Waals surface area contributed by atoms with Gasteiger partial charge >= 0.3 is 0 Å². The van der Waals surface area contributed by atoms with Crippen LogP contribution in [0.4, 0.5) is 0 Å². The molecular weight excluding hydrogens is 126 g/mol. The normalized spacial score (nSPS) is 13.4. The standard InChI is InChI=1S/C8H17NO/c1-8(2,10)6-5-7-9(3)4/h5-6,10H,7H2,1-4H3. The van der Waals surface area contributed by atoms with Crippen LogP contribution in [0.5, 0.6) is 0 Å². The van der Waals surface area contributed by atoms with Gasteiger partial charge in [0.05, 0.1) is 5.60 Å². The van der Waals surface area contributed by atoms with Gasteiger partial charge in [-0.3, -0.25) is 0 Å². The van der Waals surface area contributed by atoms with E-state index in [1.807, 2.05) is 25.1 Å². The van der Waals surface area contributed by atoms with E-state index in [4.69, 9.17) is 0 Å². The first-order valence-corrected chi connectivity index (χ1v) is 3.46. The maximum absolute atomic E-state index is 9.23. The molecule has 0 radical (unpaired) electrons. The zero-order valence-corrected chi connectivity index (χ0v) is 7.26. The van der Waals surface area contributed by atoms with Crippen LogP contribution in [0.3, 0.4) is 0 Å². The molecule has 0 bridgehead atoms. The fraction of sp³-hybridized carbons (Fsp3) is 0.750. The lowest BCUT2D eigenvalue weighted by molar-refractivity contribution is 0.132. The molecule has 0 aliphatic heterocycles. The van der Waals surface area contributed by atoms with Gasteiger partial charge in [0.1, 0.15) is 0 Å². The van der Waals surface area contributed by atoms with Crippen molar-refractivity contribution >= 4 is 0 Å². The van der Waals surface area contributed by atoms with Crippen molar-refractivity contribution in [3.8, 4) is 0 Å². The van der Waals surface area contributed by atoms with Crippen LogP contribution in [0.1, 0.15) is 13.8 Å². The molecule has 0 unspecified atom stereocenters. The van der Waals surface area contributed by atoms with Crippen LogP contribution in [0.2, 0.25) is 0 Å². The van der Waals surface area contributed by atoms with E-state index in [1.54, 1.807) is 19.9 Å². The second-order valence-corrected chi connectivity index (χ2v) is 3.32. The van der Waals surface area contributed by atoms with E-state index in [0.29, 0.717) is 0 Å². The van der Waals surface area contributed by atoms with E-state index < -0.39 is 5.60 Å². The van der Waals surface area contributed by atoms with Crippen LogP contribution in [-0.2, 0) is 0 Å². The van der Waals surface area contributed by atoms with Gasteiger partial charge in [0.2, 0.25) is 0 Å². The highest BCUT2D eigenvalue weighted by Gasteiger charge is 2.04. The van der Waals surface area contributed by atoms with Gasteiger partial charge in [0.25, 0.3) is 0 Å². The molecule has 0 aliphatic carbocycles. The van der Waals surface area contributed by atoms with Gasteiger partial charge in [-0.15, -0.1) is 0 Å². The summed E-state index contributed by atoms with van der Waals surface area (Å²) in [5, 5.41) is 9.23. The highest BCUT2D eigenvalue weighted by atomic mass is 16.3. The highest BCUT2D eigenvalue weighted by Crippen LogP contribution is 2.01. The molecule has 0 heterocycles. The summed E-state index contributed by atoms with van der Waals surface area (Å²) in [7, 11) is 3.99. The Hall–Kier alpha value is -0.340. The first-order valence-electron chi connectivity index (χ1n) is 3.46. The van der Waals surface area contributed by atoms with E-state index in [1.165, 1.54) is 0 Å². The van der Waals surface area contributed by atoms with Crippen LogP contribution >= 0.6 is 0 Å². The van der Waals surface area contributed by atoms with Crippen molar-refractivity contribution in [2.24, 2.45) is 0 Å². The Morgan fingerprint density at radius 2 is 1.90 bits per heavy atom. The van der Waals surface area contributed by atoms with Gasteiger partial charge in [-0.2, -0.15) is 0 Å². The monoisotopic (exact) mass is 143 g/mol. The van der Waals surface area contributed by atoms with Gasteiger partial charge in [-0.05, 0) is 27.9 Å². The topological polar surface area (TPSA) is 23.5 Å². The average molecular weight is 143 g/mol. The van der Waals surface area contributed by atoms with Gasteiger partial charge in [-0.1, -0.05) is 12.2 Å². The van der Waals surface area contributed by atoms with Gasteiger partial charge in [0, 0.05) is 6.54 Å². The van der Waals surface area contributed by atoms with Crippen molar-refractivity contribution in [3.63, 3.8) is 0 Å². The number of aliphatic hydroxyl groups is 1. The number of likely N-dealkylation sites (N-methyl/N-ethyl adjacent to an activating group) is 1. The Morgan fingerprint density at radius 3 is 2.20 bits per heavy atom. The molecule has 0 amide bonds. The third kappa shape index (κ3) is 7.66. The second-order valence-electron chi connectivity index (χ2n) is 3.32. The van der Waals surface area contributed by atoms with E-state index in [-0.39, 0.29) is 0 Å². The van der Waals surface area contributed by atoms with Crippen LogP contribution in [0.25, 0.3) is 0 Å². The number of rotatable bonds is 3. The van der Waals surface area contributed by atoms with E-state index in [9.17, 15) is 5.11 Å². The highest BCUT2D eigenvalue weighted by molar-refractivity contribution is 4.96. The fourth-order valence-electron chi connectivity index (χ4n) is 0.552. The summed E-state index contributed by atoms with van der Waals surface area (Å²) >= 11 is 0. The van der Waals surface area contributed by atoms with Crippen molar-refractivity contribution in [2.45, 2.75) is 19.4 Å². The zero-order chi connectivity index (χ0) is 8.20. The third-order valence-corrected chi connectivity index (χ3v) is 0.996. The molecule has 0 atom stereocenters. The van der Waals surface area contributed by atoms with Crippen LogP contribution in [0, 0.1) is 0 Å². The lowest BCUT2D eigenvalue weighted by atomic mass is 10.1. The molecule has 2 heteroatoms. The number of hydrogen-bond donors (Lipinski definition) is 1. The van der Waals surface area contributed by atoms with Crippen LogP contribution in [0.15, 0.2) is 12.2 Å². The minimum Gasteiger partial charge on any atom is -0.386 e. The summed E-state index contributed by atoms with van der Waals surface area (Å²) < 4.78 is 0. The first-order chi connectivity index (χ1) is 4.42. The van der Waals surface area contributed by atoms with Crippen LogP contribution in [-0.4, -0.2) is 36.2 Å². The molecular formula is C8H17NO. The Morgan fingerprint density at radius 1 is 1.40 bits per heavy atom. The molecule has 0 saturated heterocycles. The predicted molar refractivity (Wildman–Crippen MR) is 44.0 cm³/mol. The Labute approximate surface area is 63.2 Å². The quantitative estimate of drug-likeness (QED) is 0.593. The summed E-state index contributed by atoms with van der Waals surface area (Å²) in [4.78, 5) is 2.04. The Balaban J connectivity index is 3.57. The van der Waals surface area contributed by atoms with Crippen molar-refractivity contribution < 1.29 is 5.11 Å². The predicted octanol–water partition coefficient (Wildman–Crippen LogP) is 0.875. The lowest BCUT2D eigenvalue weighted by Crippen LogP contribution is -2.16. The zero-order valence-electron chi connectivity index (χ0n) is 7.26. The molecule has 0 aromatic rings. The largest absolute Gasteiger partial charge is 0.386 e. The molecule has 0 aromatic carbocycles. The summed E-state index contributed by atoms with van der Waals surface area (Å²) in [5.74, 6) is 0. The van der Waals surface area contributed by atoms with Crippen LogP contribution < -0.4 is 0 Å². The molecule has 1 N–H and O–H groups in total. The summed E-state index contributed by atoms with van der Waals surface area (Å²) in [6.07, 6.45) is 3.76. The SMILES string of the molecule is CN(C)CC=CC(C)(C)O. The van der Waals surface area contributed by atoms with E-state index in [2.05, 4.69) is 0 Å². The van der Waals surface area contributed by atoms with Crippen molar-refractivity contribution in [1.82, 2.24) is 4.90 Å².